The predicted octanol–water partition coefficient (Wildman–Crippen LogP) is -0.815. The molecule has 3 atom stereocenters. The Bertz CT molecular complexity index is 197. The van der Waals surface area contributed by atoms with Crippen LogP contribution in [0.4, 0.5) is 0 Å². The zero-order valence-electron chi connectivity index (χ0n) is 9.32. The Morgan fingerprint density at radius 3 is 2.93 bits per heavy atom. The van der Waals surface area contributed by atoms with Gasteiger partial charge in [-0.25, -0.2) is 0 Å². The van der Waals surface area contributed by atoms with Crippen molar-refractivity contribution in [2.45, 2.75) is 18.6 Å². The summed E-state index contributed by atoms with van der Waals surface area (Å²) >= 11 is 0. The number of hydrogen-bond acceptors (Lipinski definition) is 5. The Morgan fingerprint density at radius 2 is 2.33 bits per heavy atom. The van der Waals surface area contributed by atoms with Gasteiger partial charge in [0, 0.05) is 25.6 Å². The first-order chi connectivity index (χ1) is 7.31. The van der Waals surface area contributed by atoms with Crippen molar-refractivity contribution in [3.05, 3.63) is 0 Å². The van der Waals surface area contributed by atoms with Gasteiger partial charge in [0.05, 0.1) is 25.4 Å². The monoisotopic (exact) mass is 215 g/mol. The summed E-state index contributed by atoms with van der Waals surface area (Å²) in [5.74, 6) is 6.12. The van der Waals surface area contributed by atoms with Crippen LogP contribution in [-0.4, -0.2) is 57.0 Å². The van der Waals surface area contributed by atoms with Crippen molar-refractivity contribution in [1.29, 1.82) is 0 Å². The molecule has 2 rings (SSSR count). The number of ether oxygens (including phenoxy) is 2. The zero-order valence-corrected chi connectivity index (χ0v) is 9.32. The van der Waals surface area contributed by atoms with E-state index in [4.69, 9.17) is 15.3 Å². The van der Waals surface area contributed by atoms with E-state index >= 15 is 0 Å². The molecule has 0 aromatic heterocycles. The number of rotatable bonds is 3. The summed E-state index contributed by atoms with van der Waals surface area (Å²) in [5.41, 5.74) is 2.90. The van der Waals surface area contributed by atoms with E-state index in [1.165, 1.54) is 0 Å². The van der Waals surface area contributed by atoms with Gasteiger partial charge in [-0.1, -0.05) is 0 Å². The van der Waals surface area contributed by atoms with Gasteiger partial charge in [0.15, 0.2) is 0 Å². The minimum atomic E-state index is 0.195. The lowest BCUT2D eigenvalue weighted by Gasteiger charge is -2.37. The summed E-state index contributed by atoms with van der Waals surface area (Å²) < 4.78 is 11.2. The van der Waals surface area contributed by atoms with E-state index in [2.05, 4.69) is 17.4 Å². The van der Waals surface area contributed by atoms with Gasteiger partial charge in [0.2, 0.25) is 0 Å². The number of hydrogen-bond donors (Lipinski definition) is 2. The quantitative estimate of drug-likeness (QED) is 0.476. The van der Waals surface area contributed by atoms with Crippen LogP contribution >= 0.6 is 0 Å². The number of nitrogens with zero attached hydrogens (tertiary/aromatic N) is 1. The lowest BCUT2D eigenvalue weighted by Crippen LogP contribution is -2.56. The SMILES string of the molecule is CN1CCOC(C(NN)C2CCOC2)C1. The Kier molecular flexibility index (Phi) is 3.93. The molecule has 0 bridgehead atoms. The maximum absolute atomic E-state index is 5.77. The summed E-state index contributed by atoms with van der Waals surface area (Å²) in [6.07, 6.45) is 1.28. The molecule has 0 amide bonds. The van der Waals surface area contributed by atoms with Crippen LogP contribution in [-0.2, 0) is 9.47 Å². The zero-order chi connectivity index (χ0) is 10.7. The van der Waals surface area contributed by atoms with E-state index in [0.717, 1.165) is 39.3 Å². The lowest BCUT2D eigenvalue weighted by molar-refractivity contribution is -0.0498. The number of hydrazine groups is 1. The van der Waals surface area contributed by atoms with Gasteiger partial charge >= 0.3 is 0 Å². The normalized spacial score (nSPS) is 35.6. The lowest BCUT2D eigenvalue weighted by atomic mass is 9.94. The highest BCUT2D eigenvalue weighted by molar-refractivity contribution is 4.87. The molecule has 0 aromatic rings. The van der Waals surface area contributed by atoms with Gasteiger partial charge in [-0.15, -0.1) is 0 Å². The summed E-state index contributed by atoms with van der Waals surface area (Å²) in [6, 6.07) is 0.218. The second-order valence-electron chi connectivity index (χ2n) is 4.49. The molecule has 2 fully saturated rings. The van der Waals surface area contributed by atoms with Gasteiger partial charge in [-0.2, -0.15) is 0 Å². The summed E-state index contributed by atoms with van der Waals surface area (Å²) in [6.45, 7) is 4.41. The van der Waals surface area contributed by atoms with E-state index in [9.17, 15) is 0 Å². The van der Waals surface area contributed by atoms with Crippen LogP contribution < -0.4 is 11.3 Å². The molecular formula is C10H21N3O2. The summed E-state index contributed by atoms with van der Waals surface area (Å²) in [5, 5.41) is 0. The molecule has 2 heterocycles. The van der Waals surface area contributed by atoms with Crippen molar-refractivity contribution in [3.8, 4) is 0 Å². The molecule has 2 aliphatic rings. The van der Waals surface area contributed by atoms with E-state index < -0.39 is 0 Å². The number of nitrogens with two attached hydrogens (primary N) is 1. The molecule has 5 nitrogen and oxygen atoms in total. The highest BCUT2D eigenvalue weighted by Crippen LogP contribution is 2.21. The standard InChI is InChI=1S/C10H21N3O2/c1-13-3-5-15-9(6-13)10(12-11)8-2-4-14-7-8/h8-10,12H,2-7,11H2,1H3. The second-order valence-corrected chi connectivity index (χ2v) is 4.49. The van der Waals surface area contributed by atoms with E-state index in [1.807, 2.05) is 0 Å². The Balaban J connectivity index is 1.92. The minimum Gasteiger partial charge on any atom is -0.381 e. The van der Waals surface area contributed by atoms with Crippen LogP contribution in [0.3, 0.4) is 0 Å². The first-order valence-corrected chi connectivity index (χ1v) is 5.65. The van der Waals surface area contributed by atoms with Crippen LogP contribution in [0.25, 0.3) is 0 Å². The van der Waals surface area contributed by atoms with Crippen molar-refractivity contribution < 1.29 is 9.47 Å². The molecule has 0 spiro atoms. The molecule has 15 heavy (non-hydrogen) atoms. The molecule has 2 aliphatic heterocycles. The maximum Gasteiger partial charge on any atom is 0.0872 e. The fourth-order valence-electron chi connectivity index (χ4n) is 2.41. The molecule has 0 aliphatic carbocycles. The van der Waals surface area contributed by atoms with Gasteiger partial charge in [-0.05, 0) is 13.5 Å². The first-order valence-electron chi connectivity index (χ1n) is 5.65. The van der Waals surface area contributed by atoms with Crippen molar-refractivity contribution in [2.75, 3.05) is 40.0 Å². The summed E-state index contributed by atoms with van der Waals surface area (Å²) in [4.78, 5) is 2.29. The van der Waals surface area contributed by atoms with Crippen molar-refractivity contribution in [1.82, 2.24) is 10.3 Å². The number of morpholine rings is 1. The molecule has 88 valence electrons. The third-order valence-corrected chi connectivity index (χ3v) is 3.36. The number of likely N-dealkylation sites (N-methyl/N-ethyl adjacent to an activating group) is 1. The summed E-state index contributed by atoms with van der Waals surface area (Å²) in [7, 11) is 2.12. The largest absolute Gasteiger partial charge is 0.381 e. The number of nitrogens with one attached hydrogen (secondary N) is 1. The predicted molar refractivity (Wildman–Crippen MR) is 57.3 cm³/mol. The topological polar surface area (TPSA) is 59.8 Å². The highest BCUT2D eigenvalue weighted by Gasteiger charge is 2.34. The minimum absolute atomic E-state index is 0.195. The molecule has 3 N–H and O–H groups in total. The second kappa shape index (κ2) is 5.23. The van der Waals surface area contributed by atoms with Gasteiger partial charge in [0.25, 0.3) is 0 Å². The van der Waals surface area contributed by atoms with E-state index in [1.54, 1.807) is 0 Å². The Labute approximate surface area is 90.9 Å². The third-order valence-electron chi connectivity index (χ3n) is 3.36. The van der Waals surface area contributed by atoms with E-state index in [0.29, 0.717) is 5.92 Å². The molecule has 3 unspecified atom stereocenters. The maximum atomic E-state index is 5.77. The van der Waals surface area contributed by atoms with Crippen LogP contribution in [0, 0.1) is 5.92 Å². The molecule has 0 saturated carbocycles. The van der Waals surface area contributed by atoms with Crippen LogP contribution in [0.15, 0.2) is 0 Å². The van der Waals surface area contributed by atoms with Gasteiger partial charge in [0.1, 0.15) is 0 Å². The first kappa shape index (κ1) is 11.3. The molecule has 5 heteroatoms. The van der Waals surface area contributed by atoms with Crippen LogP contribution in [0.1, 0.15) is 6.42 Å². The Hall–Kier alpha value is -0.200. The van der Waals surface area contributed by atoms with E-state index in [-0.39, 0.29) is 12.1 Å². The van der Waals surface area contributed by atoms with Crippen LogP contribution in [0.5, 0.6) is 0 Å². The van der Waals surface area contributed by atoms with Crippen molar-refractivity contribution in [2.24, 2.45) is 11.8 Å². The molecule has 0 aromatic carbocycles. The van der Waals surface area contributed by atoms with Gasteiger partial charge < -0.3 is 14.4 Å². The molecule has 2 saturated heterocycles. The average molecular weight is 215 g/mol. The molecular weight excluding hydrogens is 194 g/mol. The van der Waals surface area contributed by atoms with Crippen molar-refractivity contribution in [3.63, 3.8) is 0 Å². The Morgan fingerprint density at radius 1 is 1.47 bits per heavy atom. The smallest absolute Gasteiger partial charge is 0.0872 e. The fraction of sp³-hybridized carbons (Fsp3) is 1.00. The van der Waals surface area contributed by atoms with Crippen LogP contribution in [0.2, 0.25) is 0 Å². The highest BCUT2D eigenvalue weighted by atomic mass is 16.5. The fourth-order valence-corrected chi connectivity index (χ4v) is 2.41. The molecule has 0 radical (unpaired) electrons. The van der Waals surface area contributed by atoms with Gasteiger partial charge in [-0.3, -0.25) is 11.3 Å². The third kappa shape index (κ3) is 2.68. The van der Waals surface area contributed by atoms with Crippen molar-refractivity contribution >= 4 is 0 Å². The average Bonchev–Trinajstić information content (AvgIpc) is 2.72.